The van der Waals surface area contributed by atoms with E-state index >= 15 is 0 Å². The molecule has 2 fully saturated rings. The van der Waals surface area contributed by atoms with Gasteiger partial charge in [-0.2, -0.15) is 0 Å². The van der Waals surface area contributed by atoms with Crippen LogP contribution in [0.4, 0.5) is 5.69 Å². The second-order valence-corrected chi connectivity index (χ2v) is 10.5. The summed E-state index contributed by atoms with van der Waals surface area (Å²) in [7, 11) is 0. The van der Waals surface area contributed by atoms with Crippen molar-refractivity contribution in [2.75, 3.05) is 4.72 Å². The molecule has 36 heavy (non-hydrogen) atoms. The Bertz CT molecular complexity index is 1420. The van der Waals surface area contributed by atoms with Crippen LogP contribution in [-0.2, 0) is 26.9 Å². The fourth-order valence-electron chi connectivity index (χ4n) is 4.70. The second-order valence-electron chi connectivity index (χ2n) is 9.53. The minimum Gasteiger partial charge on any atom is -0.481 e. The predicted octanol–water partition coefficient (Wildman–Crippen LogP) is 5.39. The molecule has 2 aliphatic rings. The van der Waals surface area contributed by atoms with Gasteiger partial charge in [0.25, 0.3) is 0 Å². The molecular formula is C28H25N3O4S. The number of rotatable bonds is 9. The van der Waals surface area contributed by atoms with Crippen molar-refractivity contribution in [3.8, 4) is 22.5 Å². The Hall–Kier alpha value is -3.75. The predicted molar refractivity (Wildman–Crippen MR) is 138 cm³/mol. The average Bonchev–Trinajstić information content (AvgIpc) is 3.83. The number of carbonyl (C=O) groups is 1. The van der Waals surface area contributed by atoms with Gasteiger partial charge in [-0.3, -0.25) is 9.52 Å². The van der Waals surface area contributed by atoms with Crippen LogP contribution in [0, 0.1) is 0 Å². The van der Waals surface area contributed by atoms with E-state index in [2.05, 4.69) is 14.6 Å². The lowest BCUT2D eigenvalue weighted by atomic mass is 9.93. The number of anilines is 1. The molecular weight excluding hydrogens is 474 g/mol. The molecule has 0 saturated heterocycles. The zero-order chi connectivity index (χ0) is 24.8. The number of carboxylic acids is 1. The monoisotopic (exact) mass is 499 g/mol. The number of aromatic nitrogens is 1. The highest BCUT2D eigenvalue weighted by molar-refractivity contribution is 7.84. The van der Waals surface area contributed by atoms with Gasteiger partial charge in [0.05, 0.1) is 17.2 Å². The maximum absolute atomic E-state index is 12.9. The van der Waals surface area contributed by atoms with Crippen molar-refractivity contribution in [3.05, 3.63) is 96.2 Å². The van der Waals surface area contributed by atoms with Gasteiger partial charge in [-0.25, -0.2) is 8.93 Å². The zero-order valence-electron chi connectivity index (χ0n) is 19.4. The Balaban J connectivity index is 1.15. The fraction of sp³-hybridized carbons (Fsp3) is 0.214. The van der Waals surface area contributed by atoms with Crippen LogP contribution < -0.4 is 9.44 Å². The van der Waals surface area contributed by atoms with Crippen LogP contribution in [0.3, 0.4) is 0 Å². The van der Waals surface area contributed by atoms with Crippen LogP contribution in [0.15, 0.2) is 89.6 Å². The number of carboxylic acid groups (broad SMARTS) is 1. The summed E-state index contributed by atoms with van der Waals surface area (Å²) in [5.41, 5.74) is 4.38. The summed E-state index contributed by atoms with van der Waals surface area (Å²) in [6, 6.07) is 25.6. The van der Waals surface area contributed by atoms with Crippen molar-refractivity contribution in [1.29, 1.82) is 0 Å². The Labute approximate surface area is 211 Å². The molecule has 3 N–H and O–H groups in total. The topological polar surface area (TPSA) is 104 Å². The van der Waals surface area contributed by atoms with Crippen molar-refractivity contribution < 1.29 is 18.6 Å². The third kappa shape index (κ3) is 4.12. The number of hydrogen-bond acceptors (Lipinski definition) is 4. The summed E-state index contributed by atoms with van der Waals surface area (Å²) in [6.45, 7) is 0. The van der Waals surface area contributed by atoms with Crippen LogP contribution in [0.5, 0.6) is 0 Å². The van der Waals surface area contributed by atoms with Gasteiger partial charge in [0, 0.05) is 5.56 Å². The maximum atomic E-state index is 12.9. The third-order valence-electron chi connectivity index (χ3n) is 7.21. The molecule has 8 heteroatoms. The summed E-state index contributed by atoms with van der Waals surface area (Å²) >= 11 is -1.52. The molecule has 182 valence electrons. The van der Waals surface area contributed by atoms with Crippen LogP contribution in [0.1, 0.15) is 36.8 Å². The van der Waals surface area contributed by atoms with Crippen LogP contribution in [-0.4, -0.2) is 20.4 Å². The Kier molecular flexibility index (Phi) is 5.50. The minimum atomic E-state index is -1.52. The van der Waals surface area contributed by atoms with Crippen LogP contribution >= 0.6 is 0 Å². The molecule has 0 amide bonds. The molecule has 1 atom stereocenters. The van der Waals surface area contributed by atoms with Crippen LogP contribution in [0.25, 0.3) is 22.5 Å². The normalized spacial score (nSPS) is 17.8. The van der Waals surface area contributed by atoms with E-state index < -0.39 is 22.6 Å². The second kappa shape index (κ2) is 8.72. The van der Waals surface area contributed by atoms with Gasteiger partial charge in [-0.05, 0) is 47.9 Å². The number of nitrogens with one attached hydrogen (secondary N) is 2. The zero-order valence-corrected chi connectivity index (χ0v) is 20.3. The first kappa shape index (κ1) is 22.7. The fourth-order valence-corrected chi connectivity index (χ4v) is 5.77. The van der Waals surface area contributed by atoms with Crippen molar-refractivity contribution in [3.63, 3.8) is 0 Å². The number of hydrogen-bond donors (Lipinski definition) is 3. The first-order valence-electron chi connectivity index (χ1n) is 11.9. The largest absolute Gasteiger partial charge is 0.481 e. The lowest BCUT2D eigenvalue weighted by molar-refractivity contribution is -0.140. The molecule has 0 radical (unpaired) electrons. The van der Waals surface area contributed by atoms with E-state index in [9.17, 15) is 14.1 Å². The molecule has 1 aromatic heterocycles. The summed E-state index contributed by atoms with van der Waals surface area (Å²) in [4.78, 5) is 11.6. The van der Waals surface area contributed by atoms with E-state index in [0.29, 0.717) is 24.3 Å². The quantitative estimate of drug-likeness (QED) is 0.286. The van der Waals surface area contributed by atoms with E-state index in [-0.39, 0.29) is 5.54 Å². The van der Waals surface area contributed by atoms with Crippen LogP contribution in [0.2, 0.25) is 0 Å². The molecule has 1 unspecified atom stereocenters. The lowest BCUT2D eigenvalue weighted by Crippen LogP contribution is -2.34. The highest BCUT2D eigenvalue weighted by Crippen LogP contribution is 2.49. The van der Waals surface area contributed by atoms with Gasteiger partial charge in [-0.1, -0.05) is 84.0 Å². The van der Waals surface area contributed by atoms with E-state index in [0.717, 1.165) is 40.7 Å². The number of benzene rings is 3. The van der Waals surface area contributed by atoms with E-state index in [1.54, 1.807) is 0 Å². The van der Waals surface area contributed by atoms with Crippen molar-refractivity contribution in [2.45, 2.75) is 36.6 Å². The van der Waals surface area contributed by atoms with Crippen molar-refractivity contribution in [1.82, 2.24) is 9.88 Å². The lowest BCUT2D eigenvalue weighted by Gasteiger charge is -2.17. The molecule has 0 aliphatic heterocycles. The Morgan fingerprint density at radius 3 is 2.03 bits per heavy atom. The van der Waals surface area contributed by atoms with Crippen molar-refractivity contribution >= 4 is 22.8 Å². The summed E-state index contributed by atoms with van der Waals surface area (Å²) in [6.07, 6.45) is 4.77. The van der Waals surface area contributed by atoms with E-state index in [1.807, 2.05) is 78.9 Å². The van der Waals surface area contributed by atoms with Gasteiger partial charge in [0.1, 0.15) is 5.69 Å². The highest BCUT2D eigenvalue weighted by Gasteiger charge is 2.51. The molecule has 6 rings (SSSR count). The summed E-state index contributed by atoms with van der Waals surface area (Å²) in [5.74, 6) is -0.242. The van der Waals surface area contributed by atoms with Gasteiger partial charge in [0.15, 0.2) is 16.9 Å². The highest BCUT2D eigenvalue weighted by atomic mass is 32.2. The maximum Gasteiger partial charge on any atom is 0.314 e. The standard InChI is InChI=1S/C28H25N3O4S/c32-26(33)27(14-15-27)22-12-10-20(11-13-22)19-6-8-21(9-7-19)25-24(18-29-35-25)30-36(34)31-28(16-17-28)23-4-2-1-3-5-23/h1-13,18,30-31H,14-17H2,(H,32,33). The number of nitrogens with zero attached hydrogens (tertiary/aromatic N) is 1. The van der Waals surface area contributed by atoms with Crippen molar-refractivity contribution in [2.24, 2.45) is 0 Å². The summed E-state index contributed by atoms with van der Waals surface area (Å²) < 4.78 is 24.6. The number of aliphatic carboxylic acids is 1. The molecule has 1 heterocycles. The average molecular weight is 500 g/mol. The molecule has 7 nitrogen and oxygen atoms in total. The first-order valence-corrected chi connectivity index (χ1v) is 13.1. The minimum absolute atomic E-state index is 0.267. The van der Waals surface area contributed by atoms with E-state index in [4.69, 9.17) is 4.52 Å². The Morgan fingerprint density at radius 2 is 1.44 bits per heavy atom. The van der Waals surface area contributed by atoms with E-state index in [1.165, 1.54) is 6.20 Å². The smallest absolute Gasteiger partial charge is 0.314 e. The SMILES string of the molecule is O=C(O)C1(c2ccc(-c3ccc(-c4oncc4NS(=O)NC4(c5ccccc5)CC4)cc3)cc2)CC1. The molecule has 3 aromatic carbocycles. The molecule has 2 saturated carbocycles. The van der Waals surface area contributed by atoms with Gasteiger partial charge in [-0.15, -0.1) is 0 Å². The Morgan fingerprint density at radius 1 is 0.833 bits per heavy atom. The van der Waals surface area contributed by atoms with Gasteiger partial charge >= 0.3 is 5.97 Å². The molecule has 0 bridgehead atoms. The molecule has 0 spiro atoms. The molecule has 4 aromatic rings. The van der Waals surface area contributed by atoms with Gasteiger partial charge in [0.2, 0.25) is 0 Å². The summed E-state index contributed by atoms with van der Waals surface area (Å²) in [5, 5.41) is 13.4. The third-order valence-corrected chi connectivity index (χ3v) is 8.20. The van der Waals surface area contributed by atoms with Gasteiger partial charge < -0.3 is 9.63 Å². The first-order chi connectivity index (χ1) is 17.5. The molecule has 2 aliphatic carbocycles.